The van der Waals surface area contributed by atoms with E-state index in [9.17, 15) is 4.79 Å². The number of aryl methyl sites for hydroxylation is 1. The van der Waals surface area contributed by atoms with Gasteiger partial charge in [0.05, 0.1) is 5.69 Å². The van der Waals surface area contributed by atoms with Crippen molar-refractivity contribution in [1.82, 2.24) is 20.2 Å². The first-order chi connectivity index (χ1) is 11.2. The molecule has 1 heterocycles. The lowest BCUT2D eigenvalue weighted by Gasteiger charge is -2.05. The molecular weight excluding hydrogens is 290 g/mol. The Kier molecular flexibility index (Phi) is 4.24. The molecule has 0 unspecified atom stereocenters. The van der Waals surface area contributed by atoms with Gasteiger partial charge in [0.25, 0.3) is 0 Å². The van der Waals surface area contributed by atoms with Gasteiger partial charge in [0.15, 0.2) is 0 Å². The fourth-order valence-corrected chi connectivity index (χ4v) is 2.14. The number of nitrogens with one attached hydrogen (secondary N) is 1. The maximum absolute atomic E-state index is 12.0. The molecular formula is C17H15N5O. The zero-order valence-corrected chi connectivity index (χ0v) is 12.5. The number of tetrazole rings is 1. The zero-order chi connectivity index (χ0) is 16.1. The first-order valence-electron chi connectivity index (χ1n) is 7.10. The number of carbonyl (C=O) groups excluding carboxylic acids is 1. The maximum atomic E-state index is 12.0. The van der Waals surface area contributed by atoms with Gasteiger partial charge >= 0.3 is 0 Å². The van der Waals surface area contributed by atoms with Crippen LogP contribution in [0.1, 0.15) is 11.1 Å². The molecule has 3 rings (SSSR count). The monoisotopic (exact) mass is 305 g/mol. The molecule has 0 bridgehead atoms. The summed E-state index contributed by atoms with van der Waals surface area (Å²) in [6.45, 7) is 2.02. The van der Waals surface area contributed by atoms with Crippen molar-refractivity contribution < 1.29 is 4.79 Å². The third-order valence-corrected chi connectivity index (χ3v) is 3.20. The van der Waals surface area contributed by atoms with Crippen molar-refractivity contribution in [3.8, 4) is 5.69 Å². The van der Waals surface area contributed by atoms with Crippen molar-refractivity contribution >= 4 is 17.7 Å². The second kappa shape index (κ2) is 6.65. The van der Waals surface area contributed by atoms with E-state index in [4.69, 9.17) is 0 Å². The summed E-state index contributed by atoms with van der Waals surface area (Å²) in [6, 6.07) is 15.2. The number of benzene rings is 2. The molecule has 0 aliphatic heterocycles. The van der Waals surface area contributed by atoms with Gasteiger partial charge in [-0.25, -0.2) is 4.68 Å². The number of rotatable bonds is 4. The normalized spacial score (nSPS) is 10.8. The molecule has 0 atom stereocenters. The largest absolute Gasteiger partial charge is 0.322 e. The maximum Gasteiger partial charge on any atom is 0.248 e. The van der Waals surface area contributed by atoms with Gasteiger partial charge in [0.1, 0.15) is 6.33 Å². The van der Waals surface area contributed by atoms with Crippen LogP contribution in [0.3, 0.4) is 0 Å². The Labute approximate surface area is 133 Å². The predicted octanol–water partition coefficient (Wildman–Crippen LogP) is 2.62. The highest BCUT2D eigenvalue weighted by atomic mass is 16.1. The van der Waals surface area contributed by atoms with Crippen LogP contribution in [0.4, 0.5) is 5.69 Å². The van der Waals surface area contributed by atoms with Crippen LogP contribution in [0.5, 0.6) is 0 Å². The van der Waals surface area contributed by atoms with E-state index in [1.54, 1.807) is 12.1 Å². The van der Waals surface area contributed by atoms with Crippen LogP contribution >= 0.6 is 0 Å². The highest BCUT2D eigenvalue weighted by molar-refractivity contribution is 6.02. The molecule has 0 radical (unpaired) electrons. The van der Waals surface area contributed by atoms with E-state index in [1.165, 1.54) is 17.1 Å². The molecule has 1 amide bonds. The summed E-state index contributed by atoms with van der Waals surface area (Å²) in [5.41, 5.74) is 3.59. The van der Waals surface area contributed by atoms with Gasteiger partial charge in [-0.05, 0) is 47.2 Å². The van der Waals surface area contributed by atoms with E-state index >= 15 is 0 Å². The Morgan fingerprint density at radius 1 is 1.17 bits per heavy atom. The molecule has 0 spiro atoms. The number of hydrogen-bond donors (Lipinski definition) is 1. The van der Waals surface area contributed by atoms with Gasteiger partial charge in [-0.3, -0.25) is 4.79 Å². The fourth-order valence-electron chi connectivity index (χ4n) is 2.14. The van der Waals surface area contributed by atoms with E-state index in [1.807, 2.05) is 49.4 Å². The van der Waals surface area contributed by atoms with Crippen LogP contribution in [-0.4, -0.2) is 26.1 Å². The van der Waals surface area contributed by atoms with Crippen molar-refractivity contribution in [2.45, 2.75) is 6.92 Å². The molecule has 114 valence electrons. The number of amides is 1. The standard InChI is InChI=1S/C17H15N5O/c1-13-4-2-5-14(10-13)8-9-17(23)19-15-6-3-7-16(11-15)22-12-18-20-21-22/h2-12H,1H3,(H,19,23)/b9-8+. The van der Waals surface area contributed by atoms with Crippen LogP contribution < -0.4 is 5.32 Å². The van der Waals surface area contributed by atoms with Crippen LogP contribution in [0.25, 0.3) is 11.8 Å². The lowest BCUT2D eigenvalue weighted by Crippen LogP contribution is -2.08. The average Bonchev–Trinajstić information content (AvgIpc) is 3.08. The van der Waals surface area contributed by atoms with Gasteiger partial charge in [-0.15, -0.1) is 5.10 Å². The first kappa shape index (κ1) is 14.6. The SMILES string of the molecule is Cc1cccc(/C=C/C(=O)Nc2cccc(-n3cnnn3)c2)c1. The number of anilines is 1. The Morgan fingerprint density at radius 3 is 2.83 bits per heavy atom. The summed E-state index contributed by atoms with van der Waals surface area (Å²) in [6.07, 6.45) is 4.80. The molecule has 0 saturated heterocycles. The number of nitrogens with zero attached hydrogens (tertiary/aromatic N) is 4. The smallest absolute Gasteiger partial charge is 0.248 e. The van der Waals surface area contributed by atoms with Crippen molar-refractivity contribution in [3.05, 3.63) is 72.1 Å². The highest BCUT2D eigenvalue weighted by Gasteiger charge is 2.02. The lowest BCUT2D eigenvalue weighted by molar-refractivity contribution is -0.111. The topological polar surface area (TPSA) is 72.7 Å². The molecule has 1 aromatic heterocycles. The molecule has 0 fully saturated rings. The predicted molar refractivity (Wildman–Crippen MR) is 88.0 cm³/mol. The quantitative estimate of drug-likeness (QED) is 0.752. The Morgan fingerprint density at radius 2 is 2.04 bits per heavy atom. The van der Waals surface area contributed by atoms with Crippen molar-refractivity contribution in [2.24, 2.45) is 0 Å². The molecule has 2 aromatic carbocycles. The summed E-state index contributed by atoms with van der Waals surface area (Å²) < 4.78 is 1.53. The van der Waals surface area contributed by atoms with E-state index in [2.05, 4.69) is 20.8 Å². The highest BCUT2D eigenvalue weighted by Crippen LogP contribution is 2.13. The Bertz CT molecular complexity index is 840. The van der Waals surface area contributed by atoms with Crippen molar-refractivity contribution in [1.29, 1.82) is 0 Å². The zero-order valence-electron chi connectivity index (χ0n) is 12.5. The van der Waals surface area contributed by atoms with Crippen LogP contribution in [-0.2, 0) is 4.79 Å². The molecule has 6 nitrogen and oxygen atoms in total. The summed E-state index contributed by atoms with van der Waals surface area (Å²) in [5, 5.41) is 13.8. The molecule has 3 aromatic rings. The van der Waals surface area contributed by atoms with Crippen molar-refractivity contribution in [3.63, 3.8) is 0 Å². The third kappa shape index (κ3) is 3.88. The fraction of sp³-hybridized carbons (Fsp3) is 0.0588. The molecule has 6 heteroatoms. The molecule has 23 heavy (non-hydrogen) atoms. The second-order valence-electron chi connectivity index (χ2n) is 5.04. The van der Waals surface area contributed by atoms with E-state index in [0.29, 0.717) is 5.69 Å². The summed E-state index contributed by atoms with van der Waals surface area (Å²) in [5.74, 6) is -0.194. The van der Waals surface area contributed by atoms with E-state index in [-0.39, 0.29) is 5.91 Å². The Hall–Kier alpha value is -3.28. The van der Waals surface area contributed by atoms with E-state index in [0.717, 1.165) is 16.8 Å². The minimum Gasteiger partial charge on any atom is -0.322 e. The number of aromatic nitrogens is 4. The number of carbonyl (C=O) groups is 1. The molecule has 1 N–H and O–H groups in total. The van der Waals surface area contributed by atoms with Gasteiger partial charge in [-0.1, -0.05) is 35.9 Å². The minimum atomic E-state index is -0.194. The van der Waals surface area contributed by atoms with Crippen LogP contribution in [0.15, 0.2) is 60.9 Å². The second-order valence-corrected chi connectivity index (χ2v) is 5.04. The lowest BCUT2D eigenvalue weighted by atomic mass is 10.1. The van der Waals surface area contributed by atoms with Crippen LogP contribution in [0.2, 0.25) is 0 Å². The first-order valence-corrected chi connectivity index (χ1v) is 7.10. The Balaban J connectivity index is 1.69. The molecule has 0 aliphatic rings. The van der Waals surface area contributed by atoms with Gasteiger partial charge in [0.2, 0.25) is 5.91 Å². The average molecular weight is 305 g/mol. The summed E-state index contributed by atoms with van der Waals surface area (Å²) in [4.78, 5) is 12.0. The summed E-state index contributed by atoms with van der Waals surface area (Å²) >= 11 is 0. The summed E-state index contributed by atoms with van der Waals surface area (Å²) in [7, 11) is 0. The van der Waals surface area contributed by atoms with Crippen LogP contribution in [0, 0.1) is 6.92 Å². The number of hydrogen-bond acceptors (Lipinski definition) is 4. The van der Waals surface area contributed by atoms with E-state index < -0.39 is 0 Å². The minimum absolute atomic E-state index is 0.194. The van der Waals surface area contributed by atoms with Crippen molar-refractivity contribution in [2.75, 3.05) is 5.32 Å². The third-order valence-electron chi connectivity index (χ3n) is 3.20. The molecule has 0 aliphatic carbocycles. The van der Waals surface area contributed by atoms with Gasteiger partial charge in [0, 0.05) is 11.8 Å². The van der Waals surface area contributed by atoms with Gasteiger partial charge < -0.3 is 5.32 Å². The van der Waals surface area contributed by atoms with Gasteiger partial charge in [-0.2, -0.15) is 0 Å². The molecule has 0 saturated carbocycles.